The second-order valence-corrected chi connectivity index (χ2v) is 5.87. The number of rotatable bonds is 2. The number of hydrogen-bond acceptors (Lipinski definition) is 6. The van der Waals surface area contributed by atoms with Gasteiger partial charge in [-0.1, -0.05) is 0 Å². The van der Waals surface area contributed by atoms with E-state index in [-0.39, 0.29) is 6.61 Å². The van der Waals surface area contributed by atoms with Crippen LogP contribution in [0.1, 0.15) is 6.23 Å². The van der Waals surface area contributed by atoms with Crippen LogP contribution in [0.25, 0.3) is 11.0 Å². The Balaban J connectivity index is 2.10. The van der Waals surface area contributed by atoms with Gasteiger partial charge in [-0.2, -0.15) is 0 Å². The van der Waals surface area contributed by atoms with Crippen LogP contribution in [0.5, 0.6) is 0 Å². The Labute approximate surface area is 128 Å². The first-order valence-electron chi connectivity index (χ1n) is 6.07. The van der Waals surface area contributed by atoms with Crippen LogP contribution in [0.3, 0.4) is 0 Å². The molecule has 0 amide bonds. The lowest BCUT2D eigenvalue weighted by molar-refractivity contribution is -0.0509. The van der Waals surface area contributed by atoms with E-state index in [0.29, 0.717) is 11.3 Å². The first kappa shape index (κ1) is 14.0. The van der Waals surface area contributed by atoms with Gasteiger partial charge in [0.15, 0.2) is 6.23 Å². The highest BCUT2D eigenvalue weighted by Gasteiger charge is 2.43. The summed E-state index contributed by atoms with van der Waals surface area (Å²) in [6.45, 7) is -0.361. The van der Waals surface area contributed by atoms with Crippen molar-refractivity contribution in [2.45, 2.75) is 24.5 Å². The predicted molar refractivity (Wildman–Crippen MR) is 79.9 cm³/mol. The molecule has 2 aromatic rings. The van der Waals surface area contributed by atoms with E-state index >= 15 is 0 Å². The lowest BCUT2D eigenvalue weighted by Gasteiger charge is -2.17. The standard InChI is InChI=1S/C12H14IN3O4/c13-5-3-16(11-8(5)6(14)1-2-15-11)12-10(19)9(18)7(4-17)20-12/h1-3,7,9-10,12,17-19H,4H2,(H2,14,15). The fourth-order valence-electron chi connectivity index (χ4n) is 2.46. The quantitative estimate of drug-likeness (QED) is 0.529. The number of fused-ring (bicyclic) bond motifs is 1. The molecule has 0 radical (unpaired) electrons. The number of halogens is 1. The van der Waals surface area contributed by atoms with Crippen molar-refractivity contribution in [1.29, 1.82) is 0 Å². The van der Waals surface area contributed by atoms with Gasteiger partial charge in [0.2, 0.25) is 0 Å². The van der Waals surface area contributed by atoms with Crippen molar-refractivity contribution in [3.05, 3.63) is 22.0 Å². The summed E-state index contributed by atoms with van der Waals surface area (Å²) in [4.78, 5) is 4.26. The summed E-state index contributed by atoms with van der Waals surface area (Å²) in [7, 11) is 0. The minimum atomic E-state index is -1.14. The normalized spacial score (nSPS) is 30.2. The SMILES string of the molecule is Nc1ccnc2c1c(I)cn2C1OC(CO)C(O)C1O. The molecule has 1 fully saturated rings. The van der Waals surface area contributed by atoms with Gasteiger partial charge in [0.25, 0.3) is 0 Å². The van der Waals surface area contributed by atoms with E-state index in [1.165, 1.54) is 0 Å². The molecule has 1 aliphatic heterocycles. The molecule has 108 valence electrons. The molecule has 3 rings (SSSR count). The molecule has 4 atom stereocenters. The molecule has 4 unspecified atom stereocenters. The van der Waals surface area contributed by atoms with Gasteiger partial charge in [-0.05, 0) is 28.7 Å². The third kappa shape index (κ3) is 1.99. The largest absolute Gasteiger partial charge is 0.398 e. The van der Waals surface area contributed by atoms with Crippen LogP contribution in [0, 0.1) is 3.57 Å². The fourth-order valence-corrected chi connectivity index (χ4v) is 3.31. The Morgan fingerprint density at radius 3 is 2.80 bits per heavy atom. The Morgan fingerprint density at radius 1 is 1.40 bits per heavy atom. The summed E-state index contributed by atoms with van der Waals surface area (Å²) in [5.74, 6) is 0. The van der Waals surface area contributed by atoms with Gasteiger partial charge in [0.05, 0.1) is 12.0 Å². The molecule has 7 nitrogen and oxygen atoms in total. The van der Waals surface area contributed by atoms with Gasteiger partial charge in [-0.15, -0.1) is 0 Å². The highest BCUT2D eigenvalue weighted by molar-refractivity contribution is 14.1. The minimum absolute atomic E-state index is 0.361. The molecule has 0 saturated carbocycles. The minimum Gasteiger partial charge on any atom is -0.398 e. The predicted octanol–water partition coefficient (Wildman–Crippen LogP) is -0.165. The number of pyridine rings is 1. The molecule has 0 aromatic carbocycles. The molecule has 0 bridgehead atoms. The molecule has 8 heteroatoms. The lowest BCUT2D eigenvalue weighted by Crippen LogP contribution is -2.33. The molecule has 1 aliphatic rings. The van der Waals surface area contributed by atoms with Gasteiger partial charge in [-0.3, -0.25) is 0 Å². The number of aliphatic hydroxyl groups excluding tert-OH is 3. The zero-order valence-electron chi connectivity index (χ0n) is 10.3. The topological polar surface area (TPSA) is 114 Å². The molecule has 20 heavy (non-hydrogen) atoms. The van der Waals surface area contributed by atoms with E-state index < -0.39 is 24.5 Å². The second kappa shape index (κ2) is 5.11. The van der Waals surface area contributed by atoms with Gasteiger partial charge >= 0.3 is 0 Å². The zero-order chi connectivity index (χ0) is 14.4. The first-order valence-corrected chi connectivity index (χ1v) is 7.15. The number of nitrogen functional groups attached to an aromatic ring is 1. The van der Waals surface area contributed by atoms with Crippen LogP contribution in [0.15, 0.2) is 18.5 Å². The van der Waals surface area contributed by atoms with Gasteiger partial charge < -0.3 is 30.4 Å². The van der Waals surface area contributed by atoms with E-state index in [0.717, 1.165) is 8.96 Å². The summed E-state index contributed by atoms with van der Waals surface area (Å²) in [5, 5.41) is 29.8. The maximum absolute atomic E-state index is 10.1. The maximum Gasteiger partial charge on any atom is 0.164 e. The fraction of sp³-hybridized carbons (Fsp3) is 0.417. The van der Waals surface area contributed by atoms with Crippen LogP contribution >= 0.6 is 22.6 Å². The van der Waals surface area contributed by atoms with Crippen LogP contribution in [-0.4, -0.2) is 49.8 Å². The van der Waals surface area contributed by atoms with Crippen LogP contribution < -0.4 is 5.73 Å². The average molecular weight is 391 g/mol. The van der Waals surface area contributed by atoms with Crippen LogP contribution in [0.2, 0.25) is 0 Å². The third-order valence-electron chi connectivity index (χ3n) is 3.49. The molecule has 0 spiro atoms. The van der Waals surface area contributed by atoms with Gasteiger partial charge in [0, 0.05) is 21.7 Å². The van der Waals surface area contributed by atoms with Crippen molar-refractivity contribution in [3.63, 3.8) is 0 Å². The summed E-state index contributed by atoms with van der Waals surface area (Å²) in [6.07, 6.45) is -0.558. The molecule has 3 heterocycles. The van der Waals surface area contributed by atoms with E-state index in [9.17, 15) is 10.2 Å². The summed E-state index contributed by atoms with van der Waals surface area (Å²) in [5.41, 5.74) is 7.09. The van der Waals surface area contributed by atoms with E-state index in [4.69, 9.17) is 15.6 Å². The molecule has 5 N–H and O–H groups in total. The Hall–Kier alpha value is -0.940. The first-order chi connectivity index (χ1) is 9.54. The van der Waals surface area contributed by atoms with E-state index in [1.54, 1.807) is 23.0 Å². The zero-order valence-corrected chi connectivity index (χ0v) is 12.5. The molecular weight excluding hydrogens is 377 g/mol. The van der Waals surface area contributed by atoms with Crippen molar-refractivity contribution >= 4 is 39.3 Å². The van der Waals surface area contributed by atoms with Crippen molar-refractivity contribution in [2.24, 2.45) is 0 Å². The number of hydrogen-bond donors (Lipinski definition) is 4. The lowest BCUT2D eigenvalue weighted by atomic mass is 10.1. The average Bonchev–Trinajstić information content (AvgIpc) is 2.90. The number of aromatic nitrogens is 2. The van der Waals surface area contributed by atoms with E-state index in [2.05, 4.69) is 27.6 Å². The second-order valence-electron chi connectivity index (χ2n) is 4.71. The highest BCUT2D eigenvalue weighted by Crippen LogP contribution is 2.35. The summed E-state index contributed by atoms with van der Waals surface area (Å²) >= 11 is 2.13. The van der Waals surface area contributed by atoms with Crippen molar-refractivity contribution in [2.75, 3.05) is 12.3 Å². The number of nitrogens with zero attached hydrogens (tertiary/aromatic N) is 2. The summed E-state index contributed by atoms with van der Waals surface area (Å²) in [6, 6.07) is 1.70. The molecular formula is C12H14IN3O4. The number of aliphatic hydroxyl groups is 3. The molecule has 0 aliphatic carbocycles. The third-order valence-corrected chi connectivity index (χ3v) is 4.31. The number of ether oxygens (including phenoxy) is 1. The van der Waals surface area contributed by atoms with Crippen LogP contribution in [0.4, 0.5) is 5.69 Å². The van der Waals surface area contributed by atoms with Crippen LogP contribution in [-0.2, 0) is 4.74 Å². The Kier molecular flexibility index (Phi) is 3.58. The van der Waals surface area contributed by atoms with Crippen molar-refractivity contribution < 1.29 is 20.1 Å². The maximum atomic E-state index is 10.1. The number of nitrogens with two attached hydrogens (primary N) is 1. The van der Waals surface area contributed by atoms with Gasteiger partial charge in [-0.25, -0.2) is 4.98 Å². The number of anilines is 1. The monoisotopic (exact) mass is 391 g/mol. The summed E-state index contributed by atoms with van der Waals surface area (Å²) < 4.78 is 8.02. The van der Waals surface area contributed by atoms with Crippen molar-refractivity contribution in [1.82, 2.24) is 9.55 Å². The van der Waals surface area contributed by atoms with E-state index in [1.807, 2.05) is 0 Å². The smallest absolute Gasteiger partial charge is 0.164 e. The molecule has 2 aromatic heterocycles. The highest BCUT2D eigenvalue weighted by atomic mass is 127. The van der Waals surface area contributed by atoms with Gasteiger partial charge in [0.1, 0.15) is 24.0 Å². The molecule has 1 saturated heterocycles. The Bertz CT molecular complexity index is 647. The Morgan fingerprint density at radius 2 is 2.15 bits per heavy atom. The van der Waals surface area contributed by atoms with Crippen molar-refractivity contribution in [3.8, 4) is 0 Å².